The summed E-state index contributed by atoms with van der Waals surface area (Å²) >= 11 is 0. The van der Waals surface area contributed by atoms with E-state index in [1.807, 2.05) is 77.7 Å². The Balaban J connectivity index is 1.51. The van der Waals surface area contributed by atoms with E-state index in [1.165, 1.54) is 0 Å². The van der Waals surface area contributed by atoms with Crippen molar-refractivity contribution >= 4 is 39.1 Å². The Hall–Kier alpha value is -4.77. The summed E-state index contributed by atoms with van der Waals surface area (Å²) in [6.45, 7) is 0. The van der Waals surface area contributed by atoms with Crippen LogP contribution in [0.1, 0.15) is 33.6 Å². The number of aromatic amines is 2. The fourth-order valence-electron chi connectivity index (χ4n) is 5.56. The molecule has 1 aliphatic heterocycles. The minimum atomic E-state index is -0.289. The molecule has 0 saturated heterocycles. The fourth-order valence-corrected chi connectivity index (χ4v) is 5.56. The van der Waals surface area contributed by atoms with E-state index in [0.29, 0.717) is 5.56 Å². The minimum absolute atomic E-state index is 0.0235. The van der Waals surface area contributed by atoms with Crippen molar-refractivity contribution in [2.75, 3.05) is 10.2 Å². The minimum Gasteiger partial charge on any atom is -0.374 e. The molecule has 3 heterocycles. The number of hydrogen-bond donors (Lipinski definition) is 3. The third kappa shape index (κ3) is 3.13. The Bertz CT molecular complexity index is 1710. The van der Waals surface area contributed by atoms with Gasteiger partial charge in [-0.25, -0.2) is 0 Å². The van der Waals surface area contributed by atoms with Gasteiger partial charge in [-0.15, -0.1) is 0 Å². The number of carbonyl (C=O) groups excluding carboxylic acids is 1. The Morgan fingerprint density at radius 3 is 1.97 bits per heavy atom. The number of hydrogen-bond acceptors (Lipinski definition) is 2. The van der Waals surface area contributed by atoms with E-state index in [9.17, 15) is 4.79 Å². The van der Waals surface area contributed by atoms with Crippen LogP contribution in [0.15, 0.2) is 116 Å². The maximum absolute atomic E-state index is 14.3. The van der Waals surface area contributed by atoms with Crippen LogP contribution in [0, 0.1) is 0 Å². The van der Waals surface area contributed by atoms with Gasteiger partial charge in [0.15, 0.2) is 0 Å². The summed E-state index contributed by atoms with van der Waals surface area (Å²) in [5, 5.41) is 6.06. The molecule has 7 rings (SSSR count). The summed E-state index contributed by atoms with van der Waals surface area (Å²) in [7, 11) is 0. The van der Waals surface area contributed by atoms with Crippen molar-refractivity contribution in [1.82, 2.24) is 9.97 Å². The van der Waals surface area contributed by atoms with Crippen LogP contribution >= 0.6 is 0 Å². The SMILES string of the molecule is O=C(c1ccccc1)N1c2ccccc2N[C@H](c2c[nH]c3ccccc23)[C@@H]1c1c[nH]c2ccccc12. The molecule has 1 aliphatic rings. The number of rotatable bonds is 3. The normalized spacial score (nSPS) is 17.2. The van der Waals surface area contributed by atoms with E-state index in [2.05, 4.69) is 58.0 Å². The van der Waals surface area contributed by atoms with Crippen LogP contribution in [0.3, 0.4) is 0 Å². The number of anilines is 2. The molecular formula is C31H24N4O. The largest absolute Gasteiger partial charge is 0.374 e. The number of nitrogens with one attached hydrogen (secondary N) is 3. The van der Waals surface area contributed by atoms with E-state index in [0.717, 1.165) is 44.3 Å². The van der Waals surface area contributed by atoms with E-state index in [4.69, 9.17) is 0 Å². The quantitative estimate of drug-likeness (QED) is 0.257. The lowest BCUT2D eigenvalue weighted by molar-refractivity contribution is 0.0972. The summed E-state index contributed by atoms with van der Waals surface area (Å²) < 4.78 is 0. The smallest absolute Gasteiger partial charge is 0.259 e. The summed E-state index contributed by atoms with van der Waals surface area (Å²) in [4.78, 5) is 23.1. The van der Waals surface area contributed by atoms with Gasteiger partial charge in [0, 0.05) is 50.9 Å². The van der Waals surface area contributed by atoms with E-state index in [-0.39, 0.29) is 18.0 Å². The Kier molecular flexibility index (Phi) is 4.67. The molecule has 0 aliphatic carbocycles. The number of H-pyrrole nitrogens is 2. The number of carbonyl (C=O) groups is 1. The number of nitrogens with zero attached hydrogens (tertiary/aromatic N) is 1. The van der Waals surface area contributed by atoms with Crippen LogP contribution < -0.4 is 10.2 Å². The molecule has 2 atom stereocenters. The first-order chi connectivity index (χ1) is 17.8. The highest BCUT2D eigenvalue weighted by Crippen LogP contribution is 2.49. The lowest BCUT2D eigenvalue weighted by Crippen LogP contribution is -2.43. The molecule has 0 fully saturated rings. The van der Waals surface area contributed by atoms with Crippen LogP contribution in [0.25, 0.3) is 21.8 Å². The van der Waals surface area contributed by atoms with Crippen molar-refractivity contribution in [3.05, 3.63) is 132 Å². The highest BCUT2D eigenvalue weighted by molar-refractivity contribution is 6.09. The summed E-state index contributed by atoms with van der Waals surface area (Å²) in [5.74, 6) is -0.0235. The van der Waals surface area contributed by atoms with Gasteiger partial charge in [-0.3, -0.25) is 9.69 Å². The number of para-hydroxylation sites is 4. The second-order valence-electron chi connectivity index (χ2n) is 9.20. The molecule has 174 valence electrons. The molecule has 6 aromatic rings. The molecular weight excluding hydrogens is 444 g/mol. The first-order valence-electron chi connectivity index (χ1n) is 12.2. The van der Waals surface area contributed by atoms with Gasteiger partial charge < -0.3 is 15.3 Å². The number of aromatic nitrogens is 2. The molecule has 4 aromatic carbocycles. The predicted molar refractivity (Wildman–Crippen MR) is 145 cm³/mol. The van der Waals surface area contributed by atoms with Crippen molar-refractivity contribution < 1.29 is 4.79 Å². The summed E-state index contributed by atoms with van der Waals surface area (Å²) in [6, 6.07) is 33.8. The van der Waals surface area contributed by atoms with Crippen LogP contribution in [0.5, 0.6) is 0 Å². The van der Waals surface area contributed by atoms with Gasteiger partial charge in [0.2, 0.25) is 0 Å². The first-order valence-corrected chi connectivity index (χ1v) is 12.2. The Morgan fingerprint density at radius 2 is 1.22 bits per heavy atom. The van der Waals surface area contributed by atoms with Crippen molar-refractivity contribution in [1.29, 1.82) is 0 Å². The van der Waals surface area contributed by atoms with Crippen molar-refractivity contribution in [2.45, 2.75) is 12.1 Å². The second kappa shape index (κ2) is 8.17. The lowest BCUT2D eigenvalue weighted by atomic mass is 9.88. The fraction of sp³-hybridized carbons (Fsp3) is 0.0645. The molecule has 0 saturated carbocycles. The molecule has 2 aromatic heterocycles. The zero-order valence-corrected chi connectivity index (χ0v) is 19.5. The van der Waals surface area contributed by atoms with Gasteiger partial charge in [-0.05, 0) is 36.4 Å². The standard InChI is InChI=1S/C31H24N4O/c36-31(20-10-2-1-3-11-20)35-28-17-9-8-16-27(28)34-29(23-18-32-25-14-6-4-12-21(23)25)30(35)24-19-33-26-15-7-5-13-22(24)26/h1-19,29-30,32-34H/t29-,30+/m1/s1. The molecule has 0 radical (unpaired) electrons. The van der Waals surface area contributed by atoms with Crippen molar-refractivity contribution in [3.8, 4) is 0 Å². The summed E-state index contributed by atoms with van der Waals surface area (Å²) in [5.41, 5.74) is 6.80. The van der Waals surface area contributed by atoms with Crippen LogP contribution in [0.4, 0.5) is 11.4 Å². The topological polar surface area (TPSA) is 63.9 Å². The molecule has 0 spiro atoms. The average molecular weight is 469 g/mol. The molecule has 36 heavy (non-hydrogen) atoms. The van der Waals surface area contributed by atoms with Crippen molar-refractivity contribution in [3.63, 3.8) is 0 Å². The highest BCUT2D eigenvalue weighted by Gasteiger charge is 2.41. The van der Waals surface area contributed by atoms with Gasteiger partial charge in [0.05, 0.1) is 23.5 Å². The van der Waals surface area contributed by atoms with Crippen LogP contribution in [-0.2, 0) is 0 Å². The zero-order chi connectivity index (χ0) is 24.1. The third-order valence-electron chi connectivity index (χ3n) is 7.20. The maximum Gasteiger partial charge on any atom is 0.259 e. The van der Waals surface area contributed by atoms with Crippen LogP contribution in [0.2, 0.25) is 0 Å². The van der Waals surface area contributed by atoms with Gasteiger partial charge >= 0.3 is 0 Å². The van der Waals surface area contributed by atoms with Gasteiger partial charge in [-0.2, -0.15) is 0 Å². The van der Waals surface area contributed by atoms with Crippen molar-refractivity contribution in [2.24, 2.45) is 0 Å². The van der Waals surface area contributed by atoms with Gasteiger partial charge in [0.1, 0.15) is 0 Å². The molecule has 5 heteroatoms. The van der Waals surface area contributed by atoms with Crippen LogP contribution in [-0.4, -0.2) is 15.9 Å². The maximum atomic E-state index is 14.3. The molecule has 5 nitrogen and oxygen atoms in total. The molecule has 0 bridgehead atoms. The lowest BCUT2D eigenvalue weighted by Gasteiger charge is -2.43. The van der Waals surface area contributed by atoms with E-state index < -0.39 is 0 Å². The average Bonchev–Trinajstić information content (AvgIpc) is 3.57. The van der Waals surface area contributed by atoms with E-state index >= 15 is 0 Å². The molecule has 0 unspecified atom stereocenters. The zero-order valence-electron chi connectivity index (χ0n) is 19.5. The van der Waals surface area contributed by atoms with Gasteiger partial charge in [0.25, 0.3) is 5.91 Å². The molecule has 1 amide bonds. The second-order valence-corrected chi connectivity index (χ2v) is 9.20. The third-order valence-corrected chi connectivity index (χ3v) is 7.20. The monoisotopic (exact) mass is 468 g/mol. The Morgan fingerprint density at radius 1 is 0.639 bits per heavy atom. The number of fused-ring (bicyclic) bond motifs is 3. The van der Waals surface area contributed by atoms with Gasteiger partial charge in [-0.1, -0.05) is 66.7 Å². The first kappa shape index (κ1) is 20.6. The summed E-state index contributed by atoms with van der Waals surface area (Å²) in [6.07, 6.45) is 4.13. The predicted octanol–water partition coefficient (Wildman–Crippen LogP) is 7.20. The van der Waals surface area contributed by atoms with E-state index in [1.54, 1.807) is 0 Å². The number of amides is 1. The molecule has 3 N–H and O–H groups in total. The Labute approximate surface area is 208 Å². The highest BCUT2D eigenvalue weighted by atomic mass is 16.2. The number of benzene rings is 4.